The van der Waals surface area contributed by atoms with Gasteiger partial charge in [0.1, 0.15) is 5.82 Å². The normalized spacial score (nSPS) is 13.1. The number of halogens is 2. The maximum atomic E-state index is 13.4. The van der Waals surface area contributed by atoms with Crippen LogP contribution in [0.5, 0.6) is 11.5 Å². The van der Waals surface area contributed by atoms with Crippen LogP contribution >= 0.6 is 0 Å². The average Bonchev–Trinajstić information content (AvgIpc) is 3.61. The number of aryl methyl sites for hydroxylation is 1. The molecule has 2 aromatic heterocycles. The number of alkyl halides is 2. The van der Waals surface area contributed by atoms with Gasteiger partial charge in [-0.1, -0.05) is 0 Å². The second-order valence-corrected chi connectivity index (χ2v) is 7.99. The van der Waals surface area contributed by atoms with E-state index in [2.05, 4.69) is 14.7 Å². The minimum Gasteiger partial charge on any atom is -0.489 e. The summed E-state index contributed by atoms with van der Waals surface area (Å²) in [4.78, 5) is 35.0. The lowest BCUT2D eigenvalue weighted by atomic mass is 10.1. The first-order valence-corrected chi connectivity index (χ1v) is 10.5. The van der Waals surface area contributed by atoms with Crippen molar-refractivity contribution in [1.29, 1.82) is 0 Å². The first kappa shape index (κ1) is 23.1. The Morgan fingerprint density at radius 3 is 2.71 bits per heavy atom. The number of anilines is 2. The van der Waals surface area contributed by atoms with Gasteiger partial charge in [0, 0.05) is 25.0 Å². The molecule has 1 aliphatic rings. The van der Waals surface area contributed by atoms with Gasteiger partial charge in [-0.3, -0.25) is 14.3 Å². The van der Waals surface area contributed by atoms with Gasteiger partial charge in [0.2, 0.25) is 0 Å². The molecule has 11 heteroatoms. The molecule has 0 bridgehead atoms. The predicted molar refractivity (Wildman–Crippen MR) is 121 cm³/mol. The SMILES string of the molecule is Cc1cncc(-n2ccc(N)nc2=O)c1N(C)C(=O)c1ccc(OC(F)F)c(OCC2CC2)c1. The summed E-state index contributed by atoms with van der Waals surface area (Å²) in [5.74, 6) is -0.0907. The van der Waals surface area contributed by atoms with Crippen molar-refractivity contribution in [3.05, 3.63) is 64.5 Å². The Labute approximate surface area is 193 Å². The summed E-state index contributed by atoms with van der Waals surface area (Å²) in [6.45, 7) is -0.926. The largest absolute Gasteiger partial charge is 0.489 e. The number of nitrogens with two attached hydrogens (primary N) is 1. The molecule has 0 radical (unpaired) electrons. The number of nitrogen functional groups attached to an aromatic ring is 1. The van der Waals surface area contributed by atoms with E-state index >= 15 is 0 Å². The van der Waals surface area contributed by atoms with Gasteiger partial charge >= 0.3 is 12.3 Å². The third-order valence-corrected chi connectivity index (χ3v) is 5.38. The Kier molecular flexibility index (Phi) is 6.44. The van der Waals surface area contributed by atoms with Crippen molar-refractivity contribution in [2.24, 2.45) is 5.92 Å². The molecule has 2 N–H and O–H groups in total. The fourth-order valence-corrected chi connectivity index (χ4v) is 3.49. The lowest BCUT2D eigenvalue weighted by Gasteiger charge is -2.23. The van der Waals surface area contributed by atoms with Crippen LogP contribution in [0.3, 0.4) is 0 Å². The topological polar surface area (TPSA) is 113 Å². The quantitative estimate of drug-likeness (QED) is 0.537. The molecule has 9 nitrogen and oxygen atoms in total. The van der Waals surface area contributed by atoms with E-state index in [9.17, 15) is 18.4 Å². The second-order valence-electron chi connectivity index (χ2n) is 7.99. The monoisotopic (exact) mass is 471 g/mol. The Hall–Kier alpha value is -4.02. The zero-order chi connectivity index (χ0) is 24.4. The highest BCUT2D eigenvalue weighted by atomic mass is 19.3. The lowest BCUT2D eigenvalue weighted by molar-refractivity contribution is -0.0515. The van der Waals surface area contributed by atoms with Crippen molar-refractivity contribution in [3.63, 3.8) is 0 Å². The highest BCUT2D eigenvalue weighted by molar-refractivity contribution is 6.07. The van der Waals surface area contributed by atoms with Crippen molar-refractivity contribution < 1.29 is 23.0 Å². The first-order valence-electron chi connectivity index (χ1n) is 10.5. The molecule has 1 aliphatic carbocycles. The van der Waals surface area contributed by atoms with Crippen molar-refractivity contribution >= 4 is 17.4 Å². The summed E-state index contributed by atoms with van der Waals surface area (Å²) in [6, 6.07) is 5.50. The zero-order valence-corrected chi connectivity index (χ0v) is 18.6. The number of amides is 1. The van der Waals surface area contributed by atoms with Crippen molar-refractivity contribution in [2.45, 2.75) is 26.4 Å². The van der Waals surface area contributed by atoms with E-state index in [1.807, 2.05) is 0 Å². The Bertz CT molecular complexity index is 1280. The minimum atomic E-state index is -3.03. The highest BCUT2D eigenvalue weighted by Gasteiger charge is 2.25. The molecule has 0 atom stereocenters. The molecule has 0 spiro atoms. The van der Waals surface area contributed by atoms with Crippen LogP contribution in [0.4, 0.5) is 20.3 Å². The number of ether oxygens (including phenoxy) is 2. The molecular formula is C23H23F2N5O4. The van der Waals surface area contributed by atoms with Gasteiger partial charge in [0.25, 0.3) is 5.91 Å². The van der Waals surface area contributed by atoms with Crippen LogP contribution in [-0.4, -0.2) is 40.7 Å². The summed E-state index contributed by atoms with van der Waals surface area (Å²) in [5, 5.41) is 0. The van der Waals surface area contributed by atoms with E-state index in [-0.39, 0.29) is 22.9 Å². The number of benzene rings is 1. The standard InChI is InChI=1S/C23H23F2N5O4/c1-13-10-27-11-16(30-8-7-19(26)28-23(30)32)20(13)29(2)21(31)15-5-6-17(34-22(24)25)18(9-15)33-12-14-3-4-14/h5-11,14,22H,3-4,12H2,1-2H3,(H2,26,28,32). The van der Waals surface area contributed by atoms with E-state index in [1.165, 1.54) is 53.2 Å². The number of nitrogens with zero attached hydrogens (tertiary/aromatic N) is 4. The zero-order valence-electron chi connectivity index (χ0n) is 18.6. The summed E-state index contributed by atoms with van der Waals surface area (Å²) in [5.41, 5.74) is 6.53. The number of hydrogen-bond donors (Lipinski definition) is 1. The minimum absolute atomic E-state index is 0.0667. The lowest BCUT2D eigenvalue weighted by Crippen LogP contribution is -2.30. The number of carbonyl (C=O) groups is 1. The van der Waals surface area contributed by atoms with E-state index in [0.29, 0.717) is 29.5 Å². The van der Waals surface area contributed by atoms with Gasteiger partial charge in [-0.15, -0.1) is 0 Å². The molecule has 3 aromatic rings. The molecule has 0 saturated heterocycles. The second kappa shape index (κ2) is 9.46. The van der Waals surface area contributed by atoms with Crippen LogP contribution in [0.15, 0.2) is 47.7 Å². The van der Waals surface area contributed by atoms with E-state index < -0.39 is 18.2 Å². The van der Waals surface area contributed by atoms with E-state index in [0.717, 1.165) is 12.8 Å². The third-order valence-electron chi connectivity index (χ3n) is 5.38. The Morgan fingerprint density at radius 2 is 2.03 bits per heavy atom. The summed E-state index contributed by atoms with van der Waals surface area (Å²) in [7, 11) is 1.54. The molecule has 178 valence electrons. The van der Waals surface area contributed by atoms with Crippen LogP contribution < -0.4 is 25.8 Å². The number of rotatable bonds is 8. The van der Waals surface area contributed by atoms with Crippen LogP contribution in [-0.2, 0) is 0 Å². The molecule has 2 heterocycles. The first-order chi connectivity index (χ1) is 16.2. The maximum absolute atomic E-state index is 13.4. The number of hydrogen-bond acceptors (Lipinski definition) is 7. The van der Waals surface area contributed by atoms with Crippen LogP contribution in [0, 0.1) is 12.8 Å². The van der Waals surface area contributed by atoms with Crippen LogP contribution in [0.1, 0.15) is 28.8 Å². The summed E-state index contributed by atoms with van der Waals surface area (Å²) >= 11 is 0. The molecule has 4 rings (SSSR count). The third kappa shape index (κ3) is 4.98. The highest BCUT2D eigenvalue weighted by Crippen LogP contribution is 2.35. The van der Waals surface area contributed by atoms with Gasteiger partial charge in [0.05, 0.1) is 24.2 Å². The fourth-order valence-electron chi connectivity index (χ4n) is 3.49. The van der Waals surface area contributed by atoms with E-state index in [4.69, 9.17) is 10.5 Å². The molecule has 34 heavy (non-hydrogen) atoms. The molecule has 0 aliphatic heterocycles. The smallest absolute Gasteiger partial charge is 0.387 e. The number of aromatic nitrogens is 3. The fraction of sp³-hybridized carbons (Fsp3) is 0.304. The van der Waals surface area contributed by atoms with Crippen LogP contribution in [0.2, 0.25) is 0 Å². The summed E-state index contributed by atoms with van der Waals surface area (Å²) < 4.78 is 37.1. The molecular weight excluding hydrogens is 448 g/mol. The molecule has 1 saturated carbocycles. The number of pyridine rings is 1. The van der Waals surface area contributed by atoms with E-state index in [1.54, 1.807) is 13.1 Å². The van der Waals surface area contributed by atoms with Gasteiger partial charge in [-0.05, 0) is 55.5 Å². The molecule has 1 aromatic carbocycles. The Morgan fingerprint density at radius 1 is 1.26 bits per heavy atom. The van der Waals surface area contributed by atoms with Gasteiger partial charge in [0.15, 0.2) is 11.5 Å². The van der Waals surface area contributed by atoms with Gasteiger partial charge in [-0.25, -0.2) is 4.79 Å². The summed E-state index contributed by atoms with van der Waals surface area (Å²) in [6.07, 6.45) is 6.46. The van der Waals surface area contributed by atoms with Crippen molar-refractivity contribution in [1.82, 2.24) is 14.5 Å². The van der Waals surface area contributed by atoms with Crippen molar-refractivity contribution in [2.75, 3.05) is 24.3 Å². The van der Waals surface area contributed by atoms with Gasteiger partial charge in [-0.2, -0.15) is 13.8 Å². The maximum Gasteiger partial charge on any atom is 0.387 e. The van der Waals surface area contributed by atoms with Crippen LogP contribution in [0.25, 0.3) is 5.69 Å². The average molecular weight is 471 g/mol. The molecule has 0 unspecified atom stereocenters. The Balaban J connectivity index is 1.70. The van der Waals surface area contributed by atoms with Crippen molar-refractivity contribution in [3.8, 4) is 17.2 Å². The molecule has 1 amide bonds. The predicted octanol–water partition coefficient (Wildman–Crippen LogP) is 3.18. The molecule has 1 fully saturated rings. The number of carbonyl (C=O) groups excluding carboxylic acids is 1. The van der Waals surface area contributed by atoms with Gasteiger partial charge < -0.3 is 20.1 Å².